The first kappa shape index (κ1) is 12.4. The summed E-state index contributed by atoms with van der Waals surface area (Å²) in [7, 11) is 1.70. The lowest BCUT2D eigenvalue weighted by Crippen LogP contribution is -2.49. The highest BCUT2D eigenvalue weighted by Gasteiger charge is 2.21. The zero-order valence-corrected chi connectivity index (χ0v) is 10.9. The Kier molecular flexibility index (Phi) is 4.03. The van der Waals surface area contributed by atoms with Crippen molar-refractivity contribution >= 4 is 17.1 Å². The number of nitrogens with zero attached hydrogens (tertiary/aromatic N) is 4. The minimum Gasteiger partial charge on any atom is -0.338 e. The summed E-state index contributed by atoms with van der Waals surface area (Å²) in [6.07, 6.45) is 3.64. The van der Waals surface area contributed by atoms with E-state index in [2.05, 4.69) is 19.6 Å². The highest BCUT2D eigenvalue weighted by atomic mass is 32.2. The fourth-order valence-corrected chi connectivity index (χ4v) is 2.49. The number of hydrogen-bond acceptors (Lipinski definition) is 4. The number of rotatable bonds is 3. The Balaban J connectivity index is 1.95. The second-order valence-electron chi connectivity index (χ2n) is 3.93. The van der Waals surface area contributed by atoms with Gasteiger partial charge in [0.15, 0.2) is 11.2 Å². The van der Waals surface area contributed by atoms with Crippen LogP contribution in [0.15, 0.2) is 12.4 Å². The Morgan fingerprint density at radius 2 is 1.82 bits per heavy atom. The molecule has 1 aliphatic rings. The Morgan fingerprint density at radius 3 is 2.35 bits per heavy atom. The van der Waals surface area contributed by atoms with Crippen molar-refractivity contribution in [1.29, 1.82) is 0 Å². The maximum absolute atomic E-state index is 11.5. The van der Waals surface area contributed by atoms with Crippen molar-refractivity contribution in [1.82, 2.24) is 19.0 Å². The fourth-order valence-electron chi connectivity index (χ4n) is 1.73. The molecule has 1 unspecified atom stereocenters. The molecule has 1 saturated heterocycles. The Bertz CT molecular complexity index is 388. The van der Waals surface area contributed by atoms with E-state index in [-0.39, 0.29) is 0 Å². The first-order valence-electron chi connectivity index (χ1n) is 5.58. The van der Waals surface area contributed by atoms with E-state index in [0.717, 1.165) is 37.7 Å². The van der Waals surface area contributed by atoms with Crippen molar-refractivity contribution < 1.29 is 4.21 Å². The van der Waals surface area contributed by atoms with Crippen LogP contribution in [0.25, 0.3) is 0 Å². The Hall–Kier alpha value is -1.05. The van der Waals surface area contributed by atoms with Crippen LogP contribution in [0.4, 0.5) is 5.95 Å². The van der Waals surface area contributed by atoms with Gasteiger partial charge in [0.25, 0.3) is 0 Å². The third kappa shape index (κ3) is 2.99. The van der Waals surface area contributed by atoms with Gasteiger partial charge in [0, 0.05) is 38.6 Å². The van der Waals surface area contributed by atoms with Crippen LogP contribution < -0.4 is 9.62 Å². The average Bonchev–Trinajstić information content (AvgIpc) is 2.39. The largest absolute Gasteiger partial charge is 0.338 e. The van der Waals surface area contributed by atoms with Crippen molar-refractivity contribution in [3.63, 3.8) is 0 Å². The van der Waals surface area contributed by atoms with Crippen LogP contribution in [0.1, 0.15) is 5.56 Å². The van der Waals surface area contributed by atoms with Crippen LogP contribution in [-0.2, 0) is 11.2 Å². The van der Waals surface area contributed by atoms with Gasteiger partial charge in [-0.3, -0.25) is 0 Å². The van der Waals surface area contributed by atoms with Crippen LogP contribution >= 0.6 is 0 Å². The van der Waals surface area contributed by atoms with Gasteiger partial charge in [0.05, 0.1) is 0 Å². The molecule has 0 saturated carbocycles. The van der Waals surface area contributed by atoms with Crippen LogP contribution in [0.5, 0.6) is 0 Å². The number of nitrogens with one attached hydrogen (secondary N) is 1. The molecule has 7 heteroatoms. The summed E-state index contributed by atoms with van der Waals surface area (Å²) < 4.78 is 16.2. The van der Waals surface area contributed by atoms with Crippen molar-refractivity contribution in [3.05, 3.63) is 18.0 Å². The molecule has 0 radical (unpaired) electrons. The Morgan fingerprint density at radius 1 is 1.24 bits per heavy atom. The normalized spacial score (nSPS) is 19.3. The number of hydrogen-bond donors (Lipinski definition) is 1. The van der Waals surface area contributed by atoms with Gasteiger partial charge in [-0.2, -0.15) is 0 Å². The minimum atomic E-state index is -1.07. The molecule has 1 aliphatic heterocycles. The highest BCUT2D eigenvalue weighted by Crippen LogP contribution is 2.11. The molecule has 94 valence electrons. The molecule has 2 rings (SSSR count). The topological polar surface area (TPSA) is 61.4 Å². The van der Waals surface area contributed by atoms with E-state index in [1.807, 2.05) is 23.6 Å². The molecule has 0 amide bonds. The van der Waals surface area contributed by atoms with E-state index in [4.69, 9.17) is 0 Å². The molecule has 0 aromatic carbocycles. The van der Waals surface area contributed by atoms with Gasteiger partial charge in [-0.25, -0.2) is 23.2 Å². The van der Waals surface area contributed by atoms with E-state index >= 15 is 0 Å². The zero-order valence-electron chi connectivity index (χ0n) is 10.1. The van der Waals surface area contributed by atoms with E-state index in [1.54, 1.807) is 7.05 Å². The maximum Gasteiger partial charge on any atom is 0.225 e. The molecule has 1 aromatic heterocycles. The lowest BCUT2D eigenvalue weighted by molar-refractivity contribution is 0.404. The molecular weight excluding hydrogens is 238 g/mol. The van der Waals surface area contributed by atoms with Crippen molar-refractivity contribution in [2.75, 3.05) is 38.1 Å². The number of aromatic nitrogens is 2. The number of piperazine rings is 1. The monoisotopic (exact) mass is 255 g/mol. The predicted molar refractivity (Wildman–Crippen MR) is 67.8 cm³/mol. The maximum atomic E-state index is 11.5. The zero-order chi connectivity index (χ0) is 12.3. The third-order valence-corrected chi connectivity index (χ3v) is 3.88. The lowest BCUT2D eigenvalue weighted by atomic mass is 10.4. The molecule has 1 N–H and O–H groups in total. The van der Waals surface area contributed by atoms with E-state index in [0.29, 0.717) is 0 Å². The van der Waals surface area contributed by atoms with Crippen molar-refractivity contribution in [2.24, 2.45) is 0 Å². The number of aryl methyl sites for hydroxylation is 1. The molecular formula is C10H17N5OS. The lowest BCUT2D eigenvalue weighted by Gasteiger charge is -2.33. The Labute approximate surface area is 104 Å². The minimum absolute atomic E-state index is 0.755. The van der Waals surface area contributed by atoms with Gasteiger partial charge in [0.1, 0.15) is 0 Å². The fraction of sp³-hybridized carbons (Fsp3) is 0.600. The van der Waals surface area contributed by atoms with Crippen LogP contribution in [0.3, 0.4) is 0 Å². The third-order valence-electron chi connectivity index (χ3n) is 2.70. The number of anilines is 1. The van der Waals surface area contributed by atoms with Gasteiger partial charge in [-0.1, -0.05) is 0 Å². The van der Waals surface area contributed by atoms with E-state index in [1.165, 1.54) is 0 Å². The average molecular weight is 255 g/mol. The summed E-state index contributed by atoms with van der Waals surface area (Å²) in [5.41, 5.74) is 1.06. The molecule has 6 nitrogen and oxygen atoms in total. The summed E-state index contributed by atoms with van der Waals surface area (Å²) in [5.74, 6) is 0.755. The van der Waals surface area contributed by atoms with Gasteiger partial charge >= 0.3 is 0 Å². The molecule has 2 heterocycles. The molecule has 1 aromatic rings. The summed E-state index contributed by atoms with van der Waals surface area (Å²) in [6, 6.07) is 0. The molecule has 1 atom stereocenters. The predicted octanol–water partition coefficient (Wildman–Crippen LogP) is -0.295. The highest BCUT2D eigenvalue weighted by molar-refractivity contribution is 7.80. The second kappa shape index (κ2) is 5.52. The van der Waals surface area contributed by atoms with Crippen molar-refractivity contribution in [3.8, 4) is 0 Å². The standard InChI is InChI=1S/C10H17N5OS/c1-9-7-12-10(13-8-9)14-3-5-15(6-4-14)17(16)11-2/h7-8,11H,3-6H2,1-2H3. The summed E-state index contributed by atoms with van der Waals surface area (Å²) in [5, 5.41) is 0. The first-order chi connectivity index (χ1) is 8.20. The van der Waals surface area contributed by atoms with Gasteiger partial charge in [-0.15, -0.1) is 0 Å². The molecule has 1 fully saturated rings. The first-order valence-corrected chi connectivity index (χ1v) is 6.69. The second-order valence-corrected chi connectivity index (χ2v) is 5.35. The summed E-state index contributed by atoms with van der Waals surface area (Å²) in [4.78, 5) is 10.7. The van der Waals surface area contributed by atoms with Gasteiger partial charge in [-0.05, 0) is 19.5 Å². The smallest absolute Gasteiger partial charge is 0.225 e. The SMILES string of the molecule is CNS(=O)N1CCN(c2ncc(C)cn2)CC1. The van der Waals surface area contributed by atoms with Gasteiger partial charge in [0.2, 0.25) is 5.95 Å². The van der Waals surface area contributed by atoms with E-state index in [9.17, 15) is 4.21 Å². The summed E-state index contributed by atoms with van der Waals surface area (Å²) in [6.45, 7) is 5.08. The molecule has 0 spiro atoms. The van der Waals surface area contributed by atoms with Gasteiger partial charge < -0.3 is 4.90 Å². The molecule has 0 aliphatic carbocycles. The van der Waals surface area contributed by atoms with Crippen LogP contribution in [-0.4, -0.2) is 51.7 Å². The molecule has 17 heavy (non-hydrogen) atoms. The molecule has 0 bridgehead atoms. The van der Waals surface area contributed by atoms with E-state index < -0.39 is 11.2 Å². The van der Waals surface area contributed by atoms with Crippen LogP contribution in [0, 0.1) is 6.92 Å². The van der Waals surface area contributed by atoms with Crippen LogP contribution in [0.2, 0.25) is 0 Å². The summed E-state index contributed by atoms with van der Waals surface area (Å²) >= 11 is -1.07. The van der Waals surface area contributed by atoms with Crippen molar-refractivity contribution in [2.45, 2.75) is 6.92 Å². The quantitative estimate of drug-likeness (QED) is 0.806.